The molecule has 1 aromatic heterocycles. The molecule has 1 aliphatic heterocycles. The molecule has 0 bridgehead atoms. The number of halogens is 1. The molecule has 33 heavy (non-hydrogen) atoms. The Labute approximate surface area is 192 Å². The topological polar surface area (TPSA) is 136 Å². The SMILES string of the molecule is O=C(c1cc([N+](=O)[O-])cc([N+](=O)[O-])c1)N1CCN(c2ccc(-c3ccccc3Cl)nn2)CC1. The van der Waals surface area contributed by atoms with Crippen molar-refractivity contribution in [2.24, 2.45) is 0 Å². The molecule has 1 amide bonds. The highest BCUT2D eigenvalue weighted by atomic mass is 35.5. The van der Waals surface area contributed by atoms with Gasteiger partial charge in [0.1, 0.15) is 0 Å². The van der Waals surface area contributed by atoms with Crippen LogP contribution in [0.1, 0.15) is 10.4 Å². The van der Waals surface area contributed by atoms with E-state index in [0.717, 1.165) is 23.8 Å². The number of carbonyl (C=O) groups is 1. The second-order valence-electron chi connectivity index (χ2n) is 7.29. The van der Waals surface area contributed by atoms with E-state index in [-0.39, 0.29) is 5.56 Å². The van der Waals surface area contributed by atoms with Crippen molar-refractivity contribution >= 4 is 34.7 Å². The molecular formula is C21H17ClN6O5. The Hall–Kier alpha value is -4.12. The Morgan fingerprint density at radius 3 is 2.06 bits per heavy atom. The van der Waals surface area contributed by atoms with Crippen LogP contribution in [0.25, 0.3) is 11.3 Å². The maximum atomic E-state index is 12.8. The van der Waals surface area contributed by atoms with Gasteiger partial charge >= 0.3 is 0 Å². The van der Waals surface area contributed by atoms with Crippen molar-refractivity contribution in [1.29, 1.82) is 0 Å². The highest BCUT2D eigenvalue weighted by Crippen LogP contribution is 2.27. The van der Waals surface area contributed by atoms with Gasteiger partial charge in [-0.15, -0.1) is 10.2 Å². The summed E-state index contributed by atoms with van der Waals surface area (Å²) in [5, 5.41) is 31.3. The van der Waals surface area contributed by atoms with Crippen molar-refractivity contribution < 1.29 is 14.6 Å². The molecule has 168 valence electrons. The lowest BCUT2D eigenvalue weighted by molar-refractivity contribution is -0.394. The first kappa shape index (κ1) is 22.1. The van der Waals surface area contributed by atoms with Gasteiger partial charge < -0.3 is 9.80 Å². The molecule has 0 radical (unpaired) electrons. The van der Waals surface area contributed by atoms with Gasteiger partial charge in [-0.25, -0.2) is 0 Å². The number of rotatable bonds is 5. The lowest BCUT2D eigenvalue weighted by Gasteiger charge is -2.35. The van der Waals surface area contributed by atoms with Gasteiger partial charge in [0.05, 0.1) is 32.2 Å². The van der Waals surface area contributed by atoms with Crippen molar-refractivity contribution in [2.75, 3.05) is 31.1 Å². The zero-order valence-corrected chi connectivity index (χ0v) is 17.9. The van der Waals surface area contributed by atoms with Crippen LogP contribution in [0.3, 0.4) is 0 Å². The van der Waals surface area contributed by atoms with Crippen molar-refractivity contribution in [3.63, 3.8) is 0 Å². The van der Waals surface area contributed by atoms with Gasteiger partial charge in [-0.2, -0.15) is 0 Å². The van der Waals surface area contributed by atoms with Crippen LogP contribution in [0.15, 0.2) is 54.6 Å². The molecule has 2 heterocycles. The molecule has 0 spiro atoms. The number of benzene rings is 2. The largest absolute Gasteiger partial charge is 0.352 e. The fourth-order valence-corrected chi connectivity index (χ4v) is 3.79. The van der Waals surface area contributed by atoms with E-state index in [2.05, 4.69) is 10.2 Å². The van der Waals surface area contributed by atoms with Crippen molar-refractivity contribution in [3.05, 3.63) is 85.4 Å². The molecule has 4 rings (SSSR count). The number of hydrogen-bond acceptors (Lipinski definition) is 8. The lowest BCUT2D eigenvalue weighted by atomic mass is 10.1. The van der Waals surface area contributed by atoms with Crippen molar-refractivity contribution in [2.45, 2.75) is 0 Å². The van der Waals surface area contributed by atoms with Crippen LogP contribution in [-0.2, 0) is 0 Å². The third-order valence-electron chi connectivity index (χ3n) is 5.26. The second-order valence-corrected chi connectivity index (χ2v) is 7.70. The van der Waals surface area contributed by atoms with E-state index >= 15 is 0 Å². The van der Waals surface area contributed by atoms with Gasteiger partial charge in [0.2, 0.25) is 0 Å². The number of amides is 1. The van der Waals surface area contributed by atoms with Gasteiger partial charge in [-0.3, -0.25) is 25.0 Å². The average Bonchev–Trinajstić information content (AvgIpc) is 2.84. The summed E-state index contributed by atoms with van der Waals surface area (Å²) in [5.74, 6) is 0.144. The summed E-state index contributed by atoms with van der Waals surface area (Å²) in [6.45, 7) is 1.57. The number of nitro benzene ring substituents is 2. The maximum absolute atomic E-state index is 12.8. The van der Waals surface area contributed by atoms with Gasteiger partial charge in [0.25, 0.3) is 17.3 Å². The van der Waals surface area contributed by atoms with Crippen LogP contribution in [0, 0.1) is 20.2 Å². The van der Waals surface area contributed by atoms with Gasteiger partial charge in [-0.05, 0) is 18.2 Å². The van der Waals surface area contributed by atoms with E-state index in [0.29, 0.717) is 42.7 Å². The summed E-state index contributed by atoms with van der Waals surface area (Å²) in [7, 11) is 0. The van der Waals surface area contributed by atoms with E-state index in [1.807, 2.05) is 35.2 Å². The molecule has 1 aliphatic rings. The number of hydrogen-bond donors (Lipinski definition) is 0. The summed E-state index contributed by atoms with van der Waals surface area (Å²) in [5.41, 5.74) is 0.332. The number of nitrogens with zero attached hydrogens (tertiary/aromatic N) is 6. The monoisotopic (exact) mass is 468 g/mol. The zero-order chi connectivity index (χ0) is 23.5. The Balaban J connectivity index is 1.45. The normalized spacial score (nSPS) is 13.6. The summed E-state index contributed by atoms with van der Waals surface area (Å²) < 4.78 is 0. The molecule has 1 fully saturated rings. The predicted molar refractivity (Wildman–Crippen MR) is 120 cm³/mol. The average molecular weight is 469 g/mol. The first-order chi connectivity index (χ1) is 15.8. The predicted octanol–water partition coefficient (Wildman–Crippen LogP) is 3.58. The van der Waals surface area contributed by atoms with Gasteiger partial charge in [0.15, 0.2) is 5.82 Å². The molecule has 1 saturated heterocycles. The standard InChI is InChI=1S/C21H17ClN6O5/c22-18-4-2-1-3-17(18)19-5-6-20(24-23-19)25-7-9-26(10-8-25)21(29)14-11-15(27(30)31)13-16(12-14)28(32)33/h1-6,11-13H,7-10H2. The fourth-order valence-electron chi connectivity index (χ4n) is 3.56. The van der Waals surface area contributed by atoms with Crippen LogP contribution in [-0.4, -0.2) is 57.0 Å². The molecule has 0 N–H and O–H groups in total. The molecule has 3 aromatic rings. The molecule has 0 saturated carbocycles. The molecule has 2 aromatic carbocycles. The van der Waals surface area contributed by atoms with E-state index in [1.54, 1.807) is 6.07 Å². The number of piperazine rings is 1. The van der Waals surface area contributed by atoms with Gasteiger partial charge in [0, 0.05) is 43.9 Å². The highest BCUT2D eigenvalue weighted by Gasteiger charge is 2.26. The number of carbonyl (C=O) groups excluding carboxylic acids is 1. The van der Waals surface area contributed by atoms with Crippen LogP contribution in [0.5, 0.6) is 0 Å². The maximum Gasteiger partial charge on any atom is 0.277 e. The second kappa shape index (κ2) is 9.17. The Morgan fingerprint density at radius 1 is 0.879 bits per heavy atom. The Morgan fingerprint density at radius 2 is 1.52 bits per heavy atom. The highest BCUT2D eigenvalue weighted by molar-refractivity contribution is 6.33. The van der Waals surface area contributed by atoms with Crippen molar-refractivity contribution in [1.82, 2.24) is 15.1 Å². The summed E-state index contributed by atoms with van der Waals surface area (Å²) in [6, 6.07) is 13.9. The fraction of sp³-hybridized carbons (Fsp3) is 0.190. The first-order valence-electron chi connectivity index (χ1n) is 9.90. The molecule has 11 nitrogen and oxygen atoms in total. The quantitative estimate of drug-likeness (QED) is 0.409. The molecule has 0 unspecified atom stereocenters. The Bertz CT molecular complexity index is 1200. The van der Waals surface area contributed by atoms with Crippen LogP contribution >= 0.6 is 11.6 Å². The van der Waals surface area contributed by atoms with E-state index in [4.69, 9.17) is 11.6 Å². The summed E-state index contributed by atoms with van der Waals surface area (Å²) >= 11 is 6.21. The number of nitro groups is 2. The minimum atomic E-state index is -0.757. The van der Waals surface area contributed by atoms with Crippen LogP contribution < -0.4 is 4.90 Å². The van der Waals surface area contributed by atoms with Crippen LogP contribution in [0.4, 0.5) is 17.2 Å². The van der Waals surface area contributed by atoms with E-state index in [1.165, 1.54) is 4.90 Å². The van der Waals surface area contributed by atoms with E-state index in [9.17, 15) is 25.0 Å². The Kier molecular flexibility index (Phi) is 6.13. The number of non-ortho nitro benzene ring substituents is 2. The summed E-state index contributed by atoms with van der Waals surface area (Å²) in [6.07, 6.45) is 0. The van der Waals surface area contributed by atoms with Gasteiger partial charge in [-0.1, -0.05) is 29.8 Å². The molecule has 12 heteroatoms. The van der Waals surface area contributed by atoms with E-state index < -0.39 is 27.1 Å². The molecule has 0 atom stereocenters. The third kappa shape index (κ3) is 4.72. The van der Waals surface area contributed by atoms with Crippen molar-refractivity contribution in [3.8, 4) is 11.3 Å². The summed E-state index contributed by atoms with van der Waals surface area (Å²) in [4.78, 5) is 37.0. The molecule has 0 aliphatic carbocycles. The third-order valence-corrected chi connectivity index (χ3v) is 5.59. The number of anilines is 1. The zero-order valence-electron chi connectivity index (χ0n) is 17.1. The number of aromatic nitrogens is 2. The smallest absolute Gasteiger partial charge is 0.277 e. The first-order valence-corrected chi connectivity index (χ1v) is 10.3. The molecular weight excluding hydrogens is 452 g/mol. The lowest BCUT2D eigenvalue weighted by Crippen LogP contribution is -2.49. The minimum Gasteiger partial charge on any atom is -0.352 e. The van der Waals surface area contributed by atoms with Crippen LogP contribution in [0.2, 0.25) is 5.02 Å². The minimum absolute atomic E-state index is 0.0896.